The SMILES string of the molecule is O=C(O)c1cc(Br)c2ccccc2c1O.O=S(=O)(O)c1cccc2cc3ccccc3cc12. The van der Waals surface area contributed by atoms with Crippen LogP contribution in [0.1, 0.15) is 10.4 Å². The van der Waals surface area contributed by atoms with Crippen LogP contribution in [-0.4, -0.2) is 29.2 Å². The minimum Gasteiger partial charge on any atom is -0.506 e. The normalized spacial score (nSPS) is 11.3. The zero-order valence-corrected chi connectivity index (χ0v) is 19.3. The fraction of sp³-hybridized carbons (Fsp3) is 0. The van der Waals surface area contributed by atoms with Crippen molar-refractivity contribution in [3.05, 3.63) is 95.0 Å². The van der Waals surface area contributed by atoms with Crippen molar-refractivity contribution in [2.75, 3.05) is 0 Å². The highest BCUT2D eigenvalue weighted by atomic mass is 79.9. The monoisotopic (exact) mass is 524 g/mol. The van der Waals surface area contributed by atoms with E-state index in [9.17, 15) is 22.9 Å². The predicted molar refractivity (Wildman–Crippen MR) is 132 cm³/mol. The van der Waals surface area contributed by atoms with Gasteiger partial charge in [0.2, 0.25) is 0 Å². The van der Waals surface area contributed by atoms with Gasteiger partial charge in [0, 0.05) is 15.2 Å². The van der Waals surface area contributed by atoms with Crippen LogP contribution in [0, 0.1) is 0 Å². The third kappa shape index (κ3) is 4.54. The molecule has 166 valence electrons. The van der Waals surface area contributed by atoms with Crippen LogP contribution in [0.3, 0.4) is 0 Å². The van der Waals surface area contributed by atoms with Crippen LogP contribution in [-0.2, 0) is 10.1 Å². The van der Waals surface area contributed by atoms with Crippen molar-refractivity contribution in [1.82, 2.24) is 0 Å². The van der Waals surface area contributed by atoms with E-state index < -0.39 is 16.1 Å². The van der Waals surface area contributed by atoms with Crippen LogP contribution in [0.4, 0.5) is 0 Å². The summed E-state index contributed by atoms with van der Waals surface area (Å²) in [4.78, 5) is 10.8. The van der Waals surface area contributed by atoms with E-state index in [1.54, 1.807) is 24.3 Å². The van der Waals surface area contributed by atoms with Gasteiger partial charge in [-0.2, -0.15) is 8.42 Å². The average molecular weight is 525 g/mol. The minimum absolute atomic E-state index is 0.0502. The van der Waals surface area contributed by atoms with Crippen LogP contribution >= 0.6 is 15.9 Å². The molecule has 5 aromatic rings. The average Bonchev–Trinajstić information content (AvgIpc) is 2.79. The molecule has 8 heteroatoms. The summed E-state index contributed by atoms with van der Waals surface area (Å²) in [7, 11) is -4.20. The third-order valence-corrected chi connectivity index (χ3v) is 6.75. The summed E-state index contributed by atoms with van der Waals surface area (Å²) in [6.07, 6.45) is 0. The van der Waals surface area contributed by atoms with Crippen LogP contribution in [0.2, 0.25) is 0 Å². The van der Waals surface area contributed by atoms with Gasteiger partial charge in [-0.1, -0.05) is 76.6 Å². The highest BCUT2D eigenvalue weighted by Crippen LogP contribution is 2.34. The molecular weight excluding hydrogens is 508 g/mol. The molecule has 0 bridgehead atoms. The quantitative estimate of drug-likeness (QED) is 0.186. The maximum atomic E-state index is 11.3. The van der Waals surface area contributed by atoms with E-state index in [0.717, 1.165) is 21.5 Å². The van der Waals surface area contributed by atoms with Gasteiger partial charge in [-0.25, -0.2) is 4.79 Å². The van der Waals surface area contributed by atoms with Gasteiger partial charge in [-0.3, -0.25) is 4.55 Å². The van der Waals surface area contributed by atoms with Crippen LogP contribution in [0.15, 0.2) is 94.3 Å². The molecule has 5 rings (SSSR count). The number of phenols is 1. The Balaban J connectivity index is 0.000000160. The highest BCUT2D eigenvalue weighted by molar-refractivity contribution is 9.10. The maximum absolute atomic E-state index is 11.3. The molecule has 0 aliphatic carbocycles. The highest BCUT2D eigenvalue weighted by Gasteiger charge is 2.15. The van der Waals surface area contributed by atoms with Gasteiger partial charge < -0.3 is 10.2 Å². The molecule has 0 amide bonds. The molecule has 0 heterocycles. The molecule has 33 heavy (non-hydrogen) atoms. The minimum atomic E-state index is -4.20. The number of carboxylic acid groups (broad SMARTS) is 1. The molecular formula is C25H17BrO6S. The zero-order valence-electron chi connectivity index (χ0n) is 16.9. The molecule has 0 saturated carbocycles. The van der Waals surface area contributed by atoms with Crippen molar-refractivity contribution in [3.8, 4) is 5.75 Å². The molecule has 0 unspecified atom stereocenters. The van der Waals surface area contributed by atoms with Crippen LogP contribution in [0.5, 0.6) is 5.75 Å². The number of fused-ring (bicyclic) bond motifs is 3. The Hall–Kier alpha value is -3.46. The first-order valence-electron chi connectivity index (χ1n) is 9.69. The second-order valence-corrected chi connectivity index (χ2v) is 9.50. The van der Waals surface area contributed by atoms with E-state index >= 15 is 0 Å². The van der Waals surface area contributed by atoms with Crippen molar-refractivity contribution >= 4 is 64.3 Å². The van der Waals surface area contributed by atoms with Crippen molar-refractivity contribution < 1.29 is 28.0 Å². The number of halogens is 1. The molecule has 3 N–H and O–H groups in total. The lowest BCUT2D eigenvalue weighted by Gasteiger charge is -2.06. The van der Waals surface area contributed by atoms with Crippen LogP contribution < -0.4 is 0 Å². The molecule has 6 nitrogen and oxygen atoms in total. The number of aromatic carboxylic acids is 1. The molecule has 5 aromatic carbocycles. The second kappa shape index (κ2) is 8.82. The lowest BCUT2D eigenvalue weighted by Crippen LogP contribution is -1.98. The summed E-state index contributed by atoms with van der Waals surface area (Å²) in [6.45, 7) is 0. The Kier molecular flexibility index (Phi) is 6.07. The molecule has 0 atom stereocenters. The number of rotatable bonds is 2. The third-order valence-electron chi connectivity index (χ3n) is 5.18. The van der Waals surface area contributed by atoms with Gasteiger partial charge >= 0.3 is 5.97 Å². The van der Waals surface area contributed by atoms with Crippen molar-refractivity contribution in [1.29, 1.82) is 0 Å². The summed E-state index contributed by atoms with van der Waals surface area (Å²) in [5.41, 5.74) is -0.0967. The Labute approximate surface area is 197 Å². The molecule has 0 aromatic heterocycles. The fourth-order valence-electron chi connectivity index (χ4n) is 3.64. The number of hydrogen-bond acceptors (Lipinski definition) is 4. The number of aromatic hydroxyl groups is 1. The molecule has 0 aliphatic heterocycles. The van der Waals surface area contributed by atoms with Gasteiger partial charge in [0.05, 0.1) is 0 Å². The van der Waals surface area contributed by atoms with Gasteiger partial charge in [0.25, 0.3) is 10.1 Å². The Morgan fingerprint density at radius 3 is 1.94 bits per heavy atom. The second-order valence-electron chi connectivity index (χ2n) is 7.26. The predicted octanol–water partition coefficient (Wildman–Crippen LogP) is 6.25. The summed E-state index contributed by atoms with van der Waals surface area (Å²) < 4.78 is 32.6. The zero-order chi connectivity index (χ0) is 23.8. The van der Waals surface area contributed by atoms with Gasteiger partial charge in [-0.15, -0.1) is 0 Å². The van der Waals surface area contributed by atoms with E-state index in [-0.39, 0.29) is 16.2 Å². The lowest BCUT2D eigenvalue weighted by molar-refractivity contribution is 0.0694. The standard InChI is InChI=1S/C14H10O3S.C11H7BrO3/c15-18(16,17)14-7-3-6-12-8-10-4-1-2-5-11(10)9-13(12)14;12-9-5-8(11(14)15)10(13)7-4-2-1-3-6(7)9/h1-9H,(H,15,16,17);1-5,13H,(H,14,15). The topological polar surface area (TPSA) is 112 Å². The maximum Gasteiger partial charge on any atom is 0.339 e. The van der Waals surface area contributed by atoms with Crippen molar-refractivity contribution in [2.24, 2.45) is 0 Å². The number of carbonyl (C=O) groups is 1. The summed E-state index contributed by atoms with van der Waals surface area (Å²) in [5.74, 6) is -1.33. The Morgan fingerprint density at radius 2 is 1.30 bits per heavy atom. The van der Waals surface area contributed by atoms with E-state index in [2.05, 4.69) is 15.9 Å². The van der Waals surface area contributed by atoms with Gasteiger partial charge in [0.15, 0.2) is 0 Å². The first kappa shape index (κ1) is 22.7. The molecule has 0 aliphatic rings. The summed E-state index contributed by atoms with van der Waals surface area (Å²) in [6, 6.07) is 24.7. The summed E-state index contributed by atoms with van der Waals surface area (Å²) >= 11 is 3.28. The Morgan fingerprint density at radius 1 is 0.727 bits per heavy atom. The number of benzene rings is 5. The van der Waals surface area contributed by atoms with Gasteiger partial charge in [-0.05, 0) is 45.8 Å². The van der Waals surface area contributed by atoms with E-state index in [1.165, 1.54) is 12.1 Å². The summed E-state index contributed by atoms with van der Waals surface area (Å²) in [5, 5.41) is 23.3. The van der Waals surface area contributed by atoms with Gasteiger partial charge in [0.1, 0.15) is 16.2 Å². The van der Waals surface area contributed by atoms with Crippen molar-refractivity contribution in [3.63, 3.8) is 0 Å². The Bertz CT molecular complexity index is 1640. The first-order chi connectivity index (χ1) is 15.7. The molecule has 0 saturated heterocycles. The number of hydrogen-bond donors (Lipinski definition) is 3. The smallest absolute Gasteiger partial charge is 0.339 e. The first-order valence-corrected chi connectivity index (χ1v) is 11.9. The molecule has 0 fully saturated rings. The largest absolute Gasteiger partial charge is 0.506 e. The van der Waals surface area contributed by atoms with Crippen LogP contribution in [0.25, 0.3) is 32.3 Å². The van der Waals surface area contributed by atoms with E-state index in [4.69, 9.17) is 5.11 Å². The van der Waals surface area contributed by atoms with E-state index in [0.29, 0.717) is 15.2 Å². The number of carboxylic acids is 1. The van der Waals surface area contributed by atoms with E-state index in [1.807, 2.05) is 48.5 Å². The fourth-order valence-corrected chi connectivity index (χ4v) is 4.92. The lowest BCUT2D eigenvalue weighted by atomic mass is 10.0. The molecule has 0 spiro atoms. The molecule has 0 radical (unpaired) electrons. The van der Waals surface area contributed by atoms with Crippen molar-refractivity contribution in [2.45, 2.75) is 4.90 Å².